The minimum absolute atomic E-state index is 0.169. The third-order valence-electron chi connectivity index (χ3n) is 8.13. The van der Waals surface area contributed by atoms with Crippen LogP contribution >= 0.6 is 0 Å². The maximum atomic E-state index is 15.0. The highest BCUT2D eigenvalue weighted by Gasteiger charge is 2.36. The van der Waals surface area contributed by atoms with Gasteiger partial charge in [-0.25, -0.2) is 13.6 Å². The molecule has 0 aliphatic heterocycles. The molecule has 0 heterocycles. The highest BCUT2D eigenvalue weighted by Crippen LogP contribution is 2.48. The lowest BCUT2D eigenvalue weighted by atomic mass is 9.63. The van der Waals surface area contributed by atoms with Crippen molar-refractivity contribution >= 4 is 5.97 Å². The van der Waals surface area contributed by atoms with Crippen molar-refractivity contribution in [3.63, 3.8) is 0 Å². The van der Waals surface area contributed by atoms with E-state index in [1.165, 1.54) is 49.9 Å². The number of halogens is 3. The molecule has 0 radical (unpaired) electrons. The fourth-order valence-electron chi connectivity index (χ4n) is 6.11. The number of aryl methyl sites for hydroxylation is 1. The van der Waals surface area contributed by atoms with Crippen molar-refractivity contribution in [2.75, 3.05) is 0 Å². The molecule has 2 aliphatic carbocycles. The summed E-state index contributed by atoms with van der Waals surface area (Å²) in [6.07, 6.45) is 13.7. The minimum Gasteiger partial charge on any atom is -0.420 e. The fraction of sp³-hybridized carbons (Fsp3) is 0.452. The number of carbonyl (C=O) groups is 1. The summed E-state index contributed by atoms with van der Waals surface area (Å²) < 4.78 is 48.7. The molecule has 4 atom stereocenters. The largest absolute Gasteiger partial charge is 0.420 e. The second-order valence-electron chi connectivity index (χ2n) is 10.4. The van der Waals surface area contributed by atoms with Crippen LogP contribution < -0.4 is 4.74 Å². The van der Waals surface area contributed by atoms with E-state index in [1.807, 2.05) is 6.08 Å². The Morgan fingerprint density at radius 2 is 1.67 bits per heavy atom. The second-order valence-corrected chi connectivity index (χ2v) is 10.4. The topological polar surface area (TPSA) is 26.3 Å². The quantitative estimate of drug-likeness (QED) is 0.197. The molecule has 2 fully saturated rings. The number of ether oxygens (including phenoxy) is 1. The Labute approximate surface area is 212 Å². The predicted octanol–water partition coefficient (Wildman–Crippen LogP) is 8.71. The zero-order chi connectivity index (χ0) is 25.7. The van der Waals surface area contributed by atoms with E-state index in [0.29, 0.717) is 12.3 Å². The van der Waals surface area contributed by atoms with Crippen LogP contribution in [0.1, 0.15) is 85.2 Å². The Morgan fingerprint density at radius 3 is 2.42 bits per heavy atom. The average molecular weight is 497 g/mol. The van der Waals surface area contributed by atoms with Gasteiger partial charge in [0.15, 0.2) is 11.6 Å². The van der Waals surface area contributed by atoms with Crippen molar-refractivity contribution in [2.45, 2.75) is 70.1 Å². The summed E-state index contributed by atoms with van der Waals surface area (Å²) in [4.78, 5) is 12.6. The van der Waals surface area contributed by atoms with Crippen molar-refractivity contribution in [1.29, 1.82) is 0 Å². The average Bonchev–Trinajstić information content (AvgIpc) is 2.89. The smallest absolute Gasteiger partial charge is 0.346 e. The Balaban J connectivity index is 1.39. The molecular formula is C31H35F3O2. The number of hydrogen-bond donors (Lipinski definition) is 0. The first-order valence-corrected chi connectivity index (χ1v) is 13.1. The molecule has 2 aromatic rings. The molecule has 192 valence electrons. The molecule has 0 N–H and O–H groups in total. The number of carbonyl (C=O) groups excluding carboxylic acids is 1. The van der Waals surface area contributed by atoms with Crippen LogP contribution in [0.4, 0.5) is 13.2 Å². The van der Waals surface area contributed by atoms with E-state index >= 15 is 0 Å². The standard InChI is InChI=1S/C31H35F3O2/c1-3-5-7-20-9-10-23-18-24(12-11-22(23)17-20)25-13-15-26(27(32)19-25)31(35)36-28-16-14-21(8-6-4-2)29(33)30(28)34/h3-4,13-16,19-20,22-24H,1-2,5-12,17-18H2. The van der Waals surface area contributed by atoms with Crippen LogP contribution in [0.25, 0.3) is 0 Å². The normalized spacial score (nSPS) is 23.5. The van der Waals surface area contributed by atoms with Gasteiger partial charge in [-0.2, -0.15) is 4.39 Å². The van der Waals surface area contributed by atoms with E-state index < -0.39 is 29.2 Å². The molecule has 5 heteroatoms. The molecule has 0 aromatic heterocycles. The van der Waals surface area contributed by atoms with Crippen molar-refractivity contribution < 1.29 is 22.7 Å². The van der Waals surface area contributed by atoms with Gasteiger partial charge in [0.1, 0.15) is 5.82 Å². The van der Waals surface area contributed by atoms with Gasteiger partial charge in [-0.15, -0.1) is 13.2 Å². The first-order valence-electron chi connectivity index (χ1n) is 13.1. The number of esters is 1. The lowest BCUT2D eigenvalue weighted by Gasteiger charge is -2.42. The fourth-order valence-corrected chi connectivity index (χ4v) is 6.11. The highest BCUT2D eigenvalue weighted by molar-refractivity contribution is 5.91. The van der Waals surface area contributed by atoms with E-state index in [9.17, 15) is 18.0 Å². The van der Waals surface area contributed by atoms with E-state index in [1.54, 1.807) is 12.1 Å². The molecule has 4 rings (SSSR count). The van der Waals surface area contributed by atoms with Gasteiger partial charge in [-0.3, -0.25) is 0 Å². The minimum atomic E-state index is -1.25. The SMILES string of the molecule is C=CCCc1ccc(OC(=O)c2ccc(C3CCC4CC(CCC=C)CCC4C3)cc2F)c(F)c1F. The molecule has 2 aliphatic rings. The molecule has 4 unspecified atom stereocenters. The lowest BCUT2D eigenvalue weighted by molar-refractivity contribution is 0.0721. The Morgan fingerprint density at radius 1 is 0.917 bits per heavy atom. The zero-order valence-corrected chi connectivity index (χ0v) is 20.8. The van der Waals surface area contributed by atoms with Crippen LogP contribution in [0, 0.1) is 35.2 Å². The second kappa shape index (κ2) is 11.9. The highest BCUT2D eigenvalue weighted by atomic mass is 19.2. The van der Waals surface area contributed by atoms with Crippen molar-refractivity contribution in [3.8, 4) is 5.75 Å². The van der Waals surface area contributed by atoms with Gasteiger partial charge >= 0.3 is 5.97 Å². The van der Waals surface area contributed by atoms with Gasteiger partial charge < -0.3 is 4.74 Å². The van der Waals surface area contributed by atoms with Crippen molar-refractivity contribution in [1.82, 2.24) is 0 Å². The molecule has 2 nitrogen and oxygen atoms in total. The summed E-state index contributed by atoms with van der Waals surface area (Å²) >= 11 is 0. The van der Waals surface area contributed by atoms with Gasteiger partial charge in [0.25, 0.3) is 0 Å². The van der Waals surface area contributed by atoms with Crippen molar-refractivity contribution in [3.05, 3.63) is 89.8 Å². The van der Waals surface area contributed by atoms with Crippen molar-refractivity contribution in [2.24, 2.45) is 17.8 Å². The van der Waals surface area contributed by atoms with Gasteiger partial charge in [0.05, 0.1) is 5.56 Å². The van der Waals surface area contributed by atoms with Crippen LogP contribution in [0.15, 0.2) is 55.6 Å². The van der Waals surface area contributed by atoms with E-state index in [0.717, 1.165) is 43.1 Å². The first-order chi connectivity index (χ1) is 17.4. The molecular weight excluding hydrogens is 461 g/mol. The molecule has 0 saturated heterocycles. The number of fused-ring (bicyclic) bond motifs is 1. The molecule has 36 heavy (non-hydrogen) atoms. The number of rotatable bonds is 9. The van der Waals surface area contributed by atoms with Gasteiger partial charge in [0.2, 0.25) is 5.82 Å². The number of hydrogen-bond acceptors (Lipinski definition) is 2. The number of allylic oxidation sites excluding steroid dienone is 2. The van der Waals surface area contributed by atoms with Crippen LogP contribution in [0.3, 0.4) is 0 Å². The molecule has 0 amide bonds. The Bertz CT molecular complexity index is 1110. The monoisotopic (exact) mass is 496 g/mol. The van der Waals surface area contributed by atoms with E-state index in [-0.39, 0.29) is 23.5 Å². The van der Waals surface area contributed by atoms with Crippen LogP contribution in [0.2, 0.25) is 0 Å². The molecule has 2 aromatic carbocycles. The van der Waals surface area contributed by atoms with Crippen LogP contribution in [-0.2, 0) is 6.42 Å². The summed E-state index contributed by atoms with van der Waals surface area (Å²) in [6.45, 7) is 7.41. The first kappa shape index (κ1) is 26.2. The Hall–Kier alpha value is -2.82. The van der Waals surface area contributed by atoms with Gasteiger partial charge in [-0.1, -0.05) is 30.7 Å². The van der Waals surface area contributed by atoms with E-state index in [2.05, 4.69) is 13.2 Å². The van der Waals surface area contributed by atoms with Crippen LogP contribution in [0.5, 0.6) is 5.75 Å². The van der Waals surface area contributed by atoms with Crippen LogP contribution in [-0.4, -0.2) is 5.97 Å². The molecule has 2 saturated carbocycles. The maximum absolute atomic E-state index is 15.0. The number of benzene rings is 2. The third kappa shape index (κ3) is 5.93. The summed E-state index contributed by atoms with van der Waals surface area (Å²) in [7, 11) is 0. The summed E-state index contributed by atoms with van der Waals surface area (Å²) in [5.41, 5.74) is 0.772. The lowest BCUT2D eigenvalue weighted by Crippen LogP contribution is -2.30. The van der Waals surface area contributed by atoms with E-state index in [4.69, 9.17) is 4.74 Å². The Kier molecular flexibility index (Phi) is 8.71. The summed E-state index contributed by atoms with van der Waals surface area (Å²) in [5.74, 6) is -2.12. The van der Waals surface area contributed by atoms with Gasteiger partial charge in [-0.05, 0) is 111 Å². The van der Waals surface area contributed by atoms with Gasteiger partial charge in [0, 0.05) is 0 Å². The summed E-state index contributed by atoms with van der Waals surface area (Å²) in [5, 5.41) is 0. The summed E-state index contributed by atoms with van der Waals surface area (Å²) in [6, 6.07) is 7.15. The third-order valence-corrected chi connectivity index (χ3v) is 8.13. The molecule has 0 spiro atoms. The maximum Gasteiger partial charge on any atom is 0.346 e. The zero-order valence-electron chi connectivity index (χ0n) is 20.8. The molecule has 0 bridgehead atoms. The predicted molar refractivity (Wildman–Crippen MR) is 137 cm³/mol.